The number of nitrogen functional groups attached to an aromatic ring is 1. The normalized spacial score (nSPS) is 10.5. The summed E-state index contributed by atoms with van der Waals surface area (Å²) in [5.74, 6) is 1.22. The first-order chi connectivity index (χ1) is 11.0. The number of hydrogen-bond acceptors (Lipinski definition) is 4. The number of benzene rings is 2. The number of para-hydroxylation sites is 1. The molecule has 5 nitrogen and oxygen atoms in total. The summed E-state index contributed by atoms with van der Waals surface area (Å²) in [5, 5.41) is 3.60. The van der Waals surface area contributed by atoms with Gasteiger partial charge in [0.25, 0.3) is 0 Å². The number of carbonyl (C=O) groups is 1. The van der Waals surface area contributed by atoms with Crippen molar-refractivity contribution in [2.24, 2.45) is 0 Å². The van der Waals surface area contributed by atoms with Gasteiger partial charge >= 0.3 is 0 Å². The van der Waals surface area contributed by atoms with E-state index in [2.05, 4.69) is 10.3 Å². The predicted molar refractivity (Wildman–Crippen MR) is 91.7 cm³/mol. The largest absolute Gasteiger partial charge is 0.456 e. The molecule has 0 unspecified atom stereocenters. The number of amides is 1. The van der Waals surface area contributed by atoms with Crippen molar-refractivity contribution in [3.63, 3.8) is 0 Å². The number of anilines is 2. The number of fused-ring (bicyclic) bond motifs is 1. The first-order valence-electron chi connectivity index (χ1n) is 7.24. The molecule has 0 fully saturated rings. The van der Waals surface area contributed by atoms with Gasteiger partial charge in [0, 0.05) is 30.3 Å². The Morgan fingerprint density at radius 2 is 2.00 bits per heavy atom. The Morgan fingerprint density at radius 1 is 1.17 bits per heavy atom. The van der Waals surface area contributed by atoms with Gasteiger partial charge in [0.05, 0.1) is 11.2 Å². The molecule has 0 radical (unpaired) electrons. The Bertz CT molecular complexity index is 891. The lowest BCUT2D eigenvalue weighted by atomic mass is 10.1. The minimum Gasteiger partial charge on any atom is -0.456 e. The number of nitrogens with two attached hydrogens (primary N) is 1. The average molecular weight is 307 g/mol. The van der Waals surface area contributed by atoms with Crippen molar-refractivity contribution >= 4 is 28.2 Å². The minimum atomic E-state index is -0.141. The Hall–Kier alpha value is -3.08. The Labute approximate surface area is 134 Å². The molecule has 0 saturated carbocycles. The highest BCUT2D eigenvalue weighted by Gasteiger charge is 2.10. The number of carbonyl (C=O) groups excluding carboxylic acids is 1. The van der Waals surface area contributed by atoms with Gasteiger partial charge in [-0.25, -0.2) is 0 Å². The quantitative estimate of drug-likeness (QED) is 0.720. The van der Waals surface area contributed by atoms with E-state index in [9.17, 15) is 4.79 Å². The van der Waals surface area contributed by atoms with E-state index in [1.807, 2.05) is 37.3 Å². The SMILES string of the molecule is CC(=O)Nc1cccc2c(Oc3cc(N)ccc3C)ccnc12. The second-order valence-electron chi connectivity index (χ2n) is 5.32. The van der Waals surface area contributed by atoms with Crippen molar-refractivity contribution in [1.29, 1.82) is 0 Å². The number of hydrogen-bond donors (Lipinski definition) is 2. The van der Waals surface area contributed by atoms with E-state index in [4.69, 9.17) is 10.5 Å². The Balaban J connectivity index is 2.08. The summed E-state index contributed by atoms with van der Waals surface area (Å²) in [6.07, 6.45) is 1.66. The van der Waals surface area contributed by atoms with Crippen LogP contribution in [0.25, 0.3) is 10.9 Å². The van der Waals surface area contributed by atoms with E-state index in [1.54, 1.807) is 18.3 Å². The molecular formula is C18H17N3O2. The van der Waals surface area contributed by atoms with Crippen LogP contribution in [0.4, 0.5) is 11.4 Å². The highest BCUT2D eigenvalue weighted by molar-refractivity contribution is 6.01. The van der Waals surface area contributed by atoms with Crippen LogP contribution in [0.5, 0.6) is 11.5 Å². The first kappa shape index (κ1) is 14.8. The van der Waals surface area contributed by atoms with Crippen molar-refractivity contribution in [2.45, 2.75) is 13.8 Å². The predicted octanol–water partition coefficient (Wildman–Crippen LogP) is 3.88. The molecule has 0 spiro atoms. The van der Waals surface area contributed by atoms with Crippen molar-refractivity contribution < 1.29 is 9.53 Å². The number of aromatic nitrogens is 1. The molecule has 0 atom stereocenters. The molecule has 1 aromatic heterocycles. The van der Waals surface area contributed by atoms with Crippen molar-refractivity contribution in [3.05, 3.63) is 54.2 Å². The van der Waals surface area contributed by atoms with Crippen LogP contribution in [0.2, 0.25) is 0 Å². The maximum absolute atomic E-state index is 11.3. The van der Waals surface area contributed by atoms with Crippen LogP contribution in [0.3, 0.4) is 0 Å². The summed E-state index contributed by atoms with van der Waals surface area (Å²) in [4.78, 5) is 15.7. The number of ether oxygens (including phenoxy) is 1. The van der Waals surface area contributed by atoms with E-state index in [0.717, 1.165) is 10.9 Å². The number of rotatable bonds is 3. The third-order valence-corrected chi connectivity index (χ3v) is 3.47. The topological polar surface area (TPSA) is 77.2 Å². The summed E-state index contributed by atoms with van der Waals surface area (Å²) in [6.45, 7) is 3.43. The minimum absolute atomic E-state index is 0.141. The summed E-state index contributed by atoms with van der Waals surface area (Å²) in [5.41, 5.74) is 8.80. The number of nitrogens with zero attached hydrogens (tertiary/aromatic N) is 1. The van der Waals surface area contributed by atoms with Crippen LogP contribution in [0, 0.1) is 6.92 Å². The molecule has 0 aliphatic carbocycles. The molecule has 3 N–H and O–H groups in total. The lowest BCUT2D eigenvalue weighted by Gasteiger charge is -2.13. The molecule has 1 heterocycles. The Kier molecular flexibility index (Phi) is 3.85. The second kappa shape index (κ2) is 5.96. The molecular weight excluding hydrogens is 290 g/mol. The summed E-state index contributed by atoms with van der Waals surface area (Å²) in [7, 11) is 0. The maximum atomic E-state index is 11.3. The van der Waals surface area contributed by atoms with Crippen LogP contribution in [-0.4, -0.2) is 10.9 Å². The molecule has 0 saturated heterocycles. The van der Waals surface area contributed by atoms with Gasteiger partial charge in [0.2, 0.25) is 5.91 Å². The molecule has 0 aliphatic heterocycles. The third kappa shape index (κ3) is 3.08. The van der Waals surface area contributed by atoms with Crippen LogP contribution in [0.15, 0.2) is 48.7 Å². The first-order valence-corrected chi connectivity index (χ1v) is 7.24. The smallest absolute Gasteiger partial charge is 0.221 e. The fraction of sp³-hybridized carbons (Fsp3) is 0.111. The zero-order chi connectivity index (χ0) is 16.4. The molecule has 3 rings (SSSR count). The molecule has 3 aromatic rings. The molecule has 0 bridgehead atoms. The van der Waals surface area contributed by atoms with E-state index in [1.165, 1.54) is 6.92 Å². The van der Waals surface area contributed by atoms with E-state index in [0.29, 0.717) is 28.4 Å². The lowest BCUT2D eigenvalue weighted by molar-refractivity contribution is -0.114. The van der Waals surface area contributed by atoms with Gasteiger partial charge < -0.3 is 15.8 Å². The third-order valence-electron chi connectivity index (χ3n) is 3.47. The highest BCUT2D eigenvalue weighted by Crippen LogP contribution is 2.33. The monoisotopic (exact) mass is 307 g/mol. The average Bonchev–Trinajstić information content (AvgIpc) is 2.51. The van der Waals surface area contributed by atoms with E-state index >= 15 is 0 Å². The van der Waals surface area contributed by atoms with Crippen LogP contribution in [0.1, 0.15) is 12.5 Å². The van der Waals surface area contributed by atoms with Gasteiger partial charge in [-0.15, -0.1) is 0 Å². The van der Waals surface area contributed by atoms with Crippen molar-refractivity contribution in [3.8, 4) is 11.5 Å². The zero-order valence-corrected chi connectivity index (χ0v) is 13.0. The van der Waals surface area contributed by atoms with Crippen LogP contribution < -0.4 is 15.8 Å². The lowest BCUT2D eigenvalue weighted by Crippen LogP contribution is -2.06. The Morgan fingerprint density at radius 3 is 2.78 bits per heavy atom. The molecule has 116 valence electrons. The van der Waals surface area contributed by atoms with Crippen LogP contribution >= 0.6 is 0 Å². The summed E-state index contributed by atoms with van der Waals surface area (Å²) >= 11 is 0. The van der Waals surface area contributed by atoms with Gasteiger partial charge in [-0.05, 0) is 36.8 Å². The number of nitrogens with one attached hydrogen (secondary N) is 1. The van der Waals surface area contributed by atoms with Crippen LogP contribution in [-0.2, 0) is 4.79 Å². The number of pyridine rings is 1. The summed E-state index contributed by atoms with van der Waals surface area (Å²) < 4.78 is 6.03. The number of aryl methyl sites for hydroxylation is 1. The van der Waals surface area contributed by atoms with Crippen molar-refractivity contribution in [2.75, 3.05) is 11.1 Å². The van der Waals surface area contributed by atoms with E-state index in [-0.39, 0.29) is 5.91 Å². The fourth-order valence-electron chi connectivity index (χ4n) is 2.38. The second-order valence-corrected chi connectivity index (χ2v) is 5.32. The van der Waals surface area contributed by atoms with Gasteiger partial charge in [-0.1, -0.05) is 12.1 Å². The molecule has 1 amide bonds. The van der Waals surface area contributed by atoms with Crippen molar-refractivity contribution in [1.82, 2.24) is 4.98 Å². The molecule has 5 heteroatoms. The molecule has 23 heavy (non-hydrogen) atoms. The maximum Gasteiger partial charge on any atom is 0.221 e. The van der Waals surface area contributed by atoms with E-state index < -0.39 is 0 Å². The standard InChI is InChI=1S/C18H17N3O2/c1-11-6-7-13(19)10-17(11)23-16-8-9-20-18-14(16)4-3-5-15(18)21-12(2)22/h3-10H,19H2,1-2H3,(H,21,22). The molecule has 2 aromatic carbocycles. The summed E-state index contributed by atoms with van der Waals surface area (Å²) in [6, 6.07) is 12.9. The highest BCUT2D eigenvalue weighted by atomic mass is 16.5. The molecule has 0 aliphatic rings. The van der Waals surface area contributed by atoms with Gasteiger partial charge in [-0.3, -0.25) is 9.78 Å². The van der Waals surface area contributed by atoms with Gasteiger partial charge in [-0.2, -0.15) is 0 Å². The van der Waals surface area contributed by atoms with Gasteiger partial charge in [0.15, 0.2) is 0 Å². The fourth-order valence-corrected chi connectivity index (χ4v) is 2.38. The zero-order valence-electron chi connectivity index (χ0n) is 13.0. The van der Waals surface area contributed by atoms with Gasteiger partial charge in [0.1, 0.15) is 11.5 Å².